The van der Waals surface area contributed by atoms with Crippen molar-refractivity contribution in [2.24, 2.45) is 0 Å². The summed E-state index contributed by atoms with van der Waals surface area (Å²) in [5, 5.41) is 21.6. The molecule has 4 nitrogen and oxygen atoms in total. The minimum Gasteiger partial charge on any atom is -0.508 e. The van der Waals surface area contributed by atoms with Crippen LogP contribution in [0.25, 0.3) is 5.76 Å². The van der Waals surface area contributed by atoms with Crippen molar-refractivity contribution in [1.82, 2.24) is 0 Å². The van der Waals surface area contributed by atoms with E-state index in [2.05, 4.69) is 11.9 Å². The van der Waals surface area contributed by atoms with Crippen LogP contribution in [0.2, 0.25) is 0 Å². The minimum absolute atomic E-state index is 0.0844. The fourth-order valence-electron chi connectivity index (χ4n) is 2.03. The highest BCUT2D eigenvalue weighted by molar-refractivity contribution is 5.93. The molecule has 2 aromatic rings. The van der Waals surface area contributed by atoms with Crippen molar-refractivity contribution in [3.05, 3.63) is 66.2 Å². The number of aromatic hydroxyl groups is 1. The summed E-state index contributed by atoms with van der Waals surface area (Å²) in [5.41, 5.74) is 1.93. The summed E-state index contributed by atoms with van der Waals surface area (Å²) in [5.74, 6) is -0.0549. The van der Waals surface area contributed by atoms with Gasteiger partial charge in [-0.1, -0.05) is 30.8 Å². The molecule has 0 bridgehead atoms. The number of hydrogen-bond donors (Lipinski definition) is 3. The zero-order valence-electron chi connectivity index (χ0n) is 11.5. The molecular formula is C17H17NO3. The first-order valence-electron chi connectivity index (χ1n) is 6.61. The first kappa shape index (κ1) is 14.7. The van der Waals surface area contributed by atoms with Crippen molar-refractivity contribution in [2.45, 2.75) is 12.8 Å². The molecule has 0 aliphatic carbocycles. The van der Waals surface area contributed by atoms with Crippen molar-refractivity contribution >= 4 is 17.4 Å². The van der Waals surface area contributed by atoms with E-state index < -0.39 is 0 Å². The normalized spacial score (nSPS) is 10.1. The highest BCUT2D eigenvalue weighted by atomic mass is 16.3. The number of phenols is 1. The number of hydrogen-bond acceptors (Lipinski definition) is 3. The highest BCUT2D eigenvalue weighted by Gasteiger charge is 2.08. The Labute approximate surface area is 123 Å². The Morgan fingerprint density at radius 1 is 1.14 bits per heavy atom. The van der Waals surface area contributed by atoms with Gasteiger partial charge in [-0.3, -0.25) is 4.79 Å². The van der Waals surface area contributed by atoms with E-state index in [0.717, 1.165) is 5.56 Å². The summed E-state index contributed by atoms with van der Waals surface area (Å²) in [6.07, 6.45) is 0.818. The molecule has 0 aliphatic heterocycles. The lowest BCUT2D eigenvalue weighted by molar-refractivity contribution is -0.116. The van der Waals surface area contributed by atoms with Gasteiger partial charge in [0.15, 0.2) is 0 Å². The van der Waals surface area contributed by atoms with Crippen LogP contribution in [0, 0.1) is 0 Å². The van der Waals surface area contributed by atoms with E-state index in [0.29, 0.717) is 17.7 Å². The fourth-order valence-corrected chi connectivity index (χ4v) is 2.03. The van der Waals surface area contributed by atoms with E-state index in [-0.39, 0.29) is 23.8 Å². The number of carbonyl (C=O) groups is 1. The number of aryl methyl sites for hydroxylation is 1. The Kier molecular flexibility index (Phi) is 4.61. The molecule has 0 saturated carbocycles. The molecule has 0 aromatic heterocycles. The maximum absolute atomic E-state index is 12.0. The quantitative estimate of drug-likeness (QED) is 0.736. The summed E-state index contributed by atoms with van der Waals surface area (Å²) in [6, 6.07) is 13.8. The van der Waals surface area contributed by atoms with Gasteiger partial charge in [-0.05, 0) is 36.2 Å². The molecule has 0 aliphatic rings. The molecule has 1 amide bonds. The first-order chi connectivity index (χ1) is 10.1. The largest absolute Gasteiger partial charge is 0.508 e. The lowest BCUT2D eigenvalue weighted by Crippen LogP contribution is -2.13. The van der Waals surface area contributed by atoms with Gasteiger partial charge in [0.2, 0.25) is 5.91 Å². The molecule has 108 valence electrons. The lowest BCUT2D eigenvalue weighted by atomic mass is 10.1. The van der Waals surface area contributed by atoms with Crippen LogP contribution in [0.5, 0.6) is 5.75 Å². The highest BCUT2D eigenvalue weighted by Crippen LogP contribution is 2.21. The van der Waals surface area contributed by atoms with E-state index in [9.17, 15) is 15.0 Å². The second kappa shape index (κ2) is 6.61. The van der Waals surface area contributed by atoms with Crippen LogP contribution >= 0.6 is 0 Å². The second-order valence-electron chi connectivity index (χ2n) is 4.71. The van der Waals surface area contributed by atoms with Crippen molar-refractivity contribution in [1.29, 1.82) is 0 Å². The number of nitrogens with one attached hydrogen (secondary N) is 1. The van der Waals surface area contributed by atoms with Crippen molar-refractivity contribution in [2.75, 3.05) is 5.32 Å². The van der Waals surface area contributed by atoms with Crippen LogP contribution in [0.15, 0.2) is 55.1 Å². The molecular weight excluding hydrogens is 266 g/mol. The van der Waals surface area contributed by atoms with E-state index in [4.69, 9.17) is 0 Å². The van der Waals surface area contributed by atoms with Crippen LogP contribution < -0.4 is 5.32 Å². The van der Waals surface area contributed by atoms with Gasteiger partial charge < -0.3 is 15.5 Å². The standard InChI is InChI=1S/C17H17NO3/c1-12(19)15-7-2-3-8-16(15)18-17(21)10-9-13-5-4-6-14(20)11-13/h2-8,11,19-20H,1,9-10H2,(H,18,21). The second-order valence-corrected chi connectivity index (χ2v) is 4.71. The third-order valence-corrected chi connectivity index (χ3v) is 3.06. The molecule has 0 radical (unpaired) electrons. The maximum Gasteiger partial charge on any atom is 0.224 e. The third kappa shape index (κ3) is 4.11. The predicted molar refractivity (Wildman–Crippen MR) is 83.2 cm³/mol. The van der Waals surface area contributed by atoms with E-state index in [1.54, 1.807) is 42.5 Å². The number of benzene rings is 2. The number of rotatable bonds is 5. The molecule has 2 rings (SSSR count). The Bertz CT molecular complexity index is 665. The zero-order valence-corrected chi connectivity index (χ0v) is 11.5. The molecule has 3 N–H and O–H groups in total. The Balaban J connectivity index is 1.98. The molecule has 0 spiro atoms. The third-order valence-electron chi connectivity index (χ3n) is 3.06. The first-order valence-corrected chi connectivity index (χ1v) is 6.61. The molecule has 0 fully saturated rings. The average Bonchev–Trinajstić information content (AvgIpc) is 2.45. The average molecular weight is 283 g/mol. The van der Waals surface area contributed by atoms with Crippen LogP contribution in [0.1, 0.15) is 17.5 Å². The van der Waals surface area contributed by atoms with Gasteiger partial charge in [-0.2, -0.15) is 0 Å². The van der Waals surface area contributed by atoms with Crippen molar-refractivity contribution in [3.63, 3.8) is 0 Å². The number of carbonyl (C=O) groups excluding carboxylic acids is 1. The maximum atomic E-state index is 12.0. The zero-order chi connectivity index (χ0) is 15.2. The van der Waals surface area contributed by atoms with E-state index >= 15 is 0 Å². The van der Waals surface area contributed by atoms with Gasteiger partial charge in [-0.15, -0.1) is 0 Å². The number of aliphatic hydroxyl groups excluding tert-OH is 1. The summed E-state index contributed by atoms with van der Waals surface area (Å²) in [4.78, 5) is 12.0. The van der Waals surface area contributed by atoms with Crippen molar-refractivity contribution < 1.29 is 15.0 Å². The van der Waals surface area contributed by atoms with Gasteiger partial charge in [0.25, 0.3) is 0 Å². The van der Waals surface area contributed by atoms with Gasteiger partial charge >= 0.3 is 0 Å². The molecule has 0 atom stereocenters. The summed E-state index contributed by atoms with van der Waals surface area (Å²) in [6.45, 7) is 3.47. The fraction of sp³-hybridized carbons (Fsp3) is 0.118. The van der Waals surface area contributed by atoms with Gasteiger partial charge in [0.05, 0.1) is 5.69 Å². The van der Waals surface area contributed by atoms with Crippen LogP contribution in [-0.2, 0) is 11.2 Å². The predicted octanol–water partition coefficient (Wildman–Crippen LogP) is 3.49. The number of phenolic OH excluding ortho intramolecular Hbond substituents is 1. The van der Waals surface area contributed by atoms with Crippen molar-refractivity contribution in [3.8, 4) is 5.75 Å². The minimum atomic E-state index is -0.160. The summed E-state index contributed by atoms with van der Waals surface area (Å²) in [7, 11) is 0. The SMILES string of the molecule is C=C(O)c1ccccc1NC(=O)CCc1cccc(O)c1. The number of anilines is 1. The van der Waals surface area contributed by atoms with Gasteiger partial charge in [-0.25, -0.2) is 0 Å². The van der Waals surface area contributed by atoms with Gasteiger partial charge in [0, 0.05) is 12.0 Å². The van der Waals surface area contributed by atoms with Gasteiger partial charge in [0.1, 0.15) is 11.5 Å². The molecule has 0 unspecified atom stereocenters. The van der Waals surface area contributed by atoms with E-state index in [1.165, 1.54) is 0 Å². The molecule has 2 aromatic carbocycles. The molecule has 21 heavy (non-hydrogen) atoms. The summed E-state index contributed by atoms with van der Waals surface area (Å²) < 4.78 is 0. The smallest absolute Gasteiger partial charge is 0.224 e. The monoisotopic (exact) mass is 283 g/mol. The number of amides is 1. The van der Waals surface area contributed by atoms with E-state index in [1.807, 2.05) is 6.07 Å². The molecule has 0 saturated heterocycles. The Morgan fingerprint density at radius 3 is 2.62 bits per heavy atom. The number of aliphatic hydroxyl groups is 1. The Morgan fingerprint density at radius 2 is 1.90 bits per heavy atom. The molecule has 4 heteroatoms. The molecule has 0 heterocycles. The Hall–Kier alpha value is -2.75. The topological polar surface area (TPSA) is 69.6 Å². The number of para-hydroxylation sites is 1. The van der Waals surface area contributed by atoms with Crippen LogP contribution in [0.4, 0.5) is 5.69 Å². The van der Waals surface area contributed by atoms with Crippen LogP contribution in [0.3, 0.4) is 0 Å². The lowest BCUT2D eigenvalue weighted by Gasteiger charge is -2.10. The summed E-state index contributed by atoms with van der Waals surface area (Å²) >= 11 is 0. The van der Waals surface area contributed by atoms with Crippen LogP contribution in [-0.4, -0.2) is 16.1 Å².